The Kier molecular flexibility index (Phi) is 10.2. The highest BCUT2D eigenvalue weighted by molar-refractivity contribution is 9.11. The molecule has 0 saturated carbocycles. The van der Waals surface area contributed by atoms with Gasteiger partial charge in [0.1, 0.15) is 0 Å². The van der Waals surface area contributed by atoms with Gasteiger partial charge in [0.05, 0.1) is 0 Å². The van der Waals surface area contributed by atoms with Crippen LogP contribution in [-0.4, -0.2) is 6.54 Å². The molecule has 2 rings (SSSR count). The molecule has 0 amide bonds. The maximum absolute atomic E-state index is 4.61. The molecule has 0 spiro atoms. The van der Waals surface area contributed by atoms with E-state index in [1.54, 1.807) is 0 Å². The molecule has 0 aliphatic rings. The Morgan fingerprint density at radius 2 is 1.57 bits per heavy atom. The van der Waals surface area contributed by atoms with E-state index in [-0.39, 0.29) is 0 Å². The molecule has 2 aromatic rings. The van der Waals surface area contributed by atoms with Gasteiger partial charge < -0.3 is 4.90 Å². The molecule has 0 aliphatic heterocycles. The maximum Gasteiger partial charge on any atom is 0.0437 e. The van der Waals surface area contributed by atoms with Gasteiger partial charge in [0.25, 0.3) is 0 Å². The highest BCUT2D eigenvalue weighted by Gasteiger charge is 2.22. The van der Waals surface area contributed by atoms with Gasteiger partial charge in [-0.1, -0.05) is 90.3 Å². The van der Waals surface area contributed by atoms with Crippen LogP contribution in [0.4, 0.5) is 5.69 Å². The van der Waals surface area contributed by atoms with Crippen LogP contribution in [0.2, 0.25) is 0 Å². The third-order valence-electron chi connectivity index (χ3n) is 6.04. The maximum atomic E-state index is 4.61. The van der Waals surface area contributed by atoms with E-state index in [2.05, 4.69) is 114 Å². The molecule has 3 heteroatoms. The third-order valence-corrected chi connectivity index (χ3v) is 7.69. The number of rotatable bonds is 11. The number of halogens is 2. The zero-order valence-electron chi connectivity index (χ0n) is 19.3. The standard InChI is InChI=1S/C27H37Br2N/c1-7-11-23(12-8-2)18-30(27-14-10-9-13-19(27)3)22(6)20(4)15-24-16-25(28)21(5)26(29)17-24/h9-10,13-14,16-17,20,23H,6-8,11-12,15,18H2,1-5H3/t20-/m1/s1. The van der Waals surface area contributed by atoms with Crippen molar-refractivity contribution in [3.8, 4) is 0 Å². The second kappa shape index (κ2) is 12.1. The summed E-state index contributed by atoms with van der Waals surface area (Å²) >= 11 is 7.41. The van der Waals surface area contributed by atoms with E-state index in [1.807, 2.05) is 0 Å². The normalized spacial score (nSPS) is 12.3. The number of hydrogen-bond donors (Lipinski definition) is 0. The summed E-state index contributed by atoms with van der Waals surface area (Å²) in [7, 11) is 0. The summed E-state index contributed by atoms with van der Waals surface area (Å²) in [5, 5.41) is 0. The summed E-state index contributed by atoms with van der Waals surface area (Å²) in [6.45, 7) is 16.9. The molecule has 30 heavy (non-hydrogen) atoms. The average molecular weight is 535 g/mol. The van der Waals surface area contributed by atoms with Crippen LogP contribution < -0.4 is 4.90 Å². The lowest BCUT2D eigenvalue weighted by Gasteiger charge is -2.35. The van der Waals surface area contributed by atoms with E-state index in [0.29, 0.717) is 11.8 Å². The fourth-order valence-electron chi connectivity index (χ4n) is 4.19. The number of aryl methyl sites for hydroxylation is 1. The second-order valence-corrected chi connectivity index (χ2v) is 10.3. The van der Waals surface area contributed by atoms with Gasteiger partial charge in [-0.25, -0.2) is 0 Å². The van der Waals surface area contributed by atoms with Crippen molar-refractivity contribution in [1.29, 1.82) is 0 Å². The topological polar surface area (TPSA) is 3.24 Å². The van der Waals surface area contributed by atoms with E-state index < -0.39 is 0 Å². The number of hydrogen-bond acceptors (Lipinski definition) is 1. The molecule has 0 N–H and O–H groups in total. The number of nitrogens with zero attached hydrogens (tertiary/aromatic N) is 1. The molecule has 1 atom stereocenters. The lowest BCUT2D eigenvalue weighted by Crippen LogP contribution is -2.32. The van der Waals surface area contributed by atoms with Crippen molar-refractivity contribution in [3.05, 3.63) is 74.3 Å². The van der Waals surface area contributed by atoms with Gasteiger partial charge in [-0.15, -0.1) is 0 Å². The molecule has 0 fully saturated rings. The van der Waals surface area contributed by atoms with Crippen molar-refractivity contribution in [1.82, 2.24) is 0 Å². The van der Waals surface area contributed by atoms with Crippen molar-refractivity contribution in [2.45, 2.75) is 66.7 Å². The van der Waals surface area contributed by atoms with Crippen LogP contribution in [0.25, 0.3) is 0 Å². The van der Waals surface area contributed by atoms with Crippen LogP contribution in [-0.2, 0) is 6.42 Å². The van der Waals surface area contributed by atoms with Crippen LogP contribution in [0, 0.1) is 25.7 Å². The molecular weight excluding hydrogens is 498 g/mol. The summed E-state index contributed by atoms with van der Waals surface area (Å²) < 4.78 is 2.32. The molecular formula is C27H37Br2N. The molecule has 0 aromatic heterocycles. The van der Waals surface area contributed by atoms with E-state index in [0.717, 1.165) is 21.9 Å². The van der Waals surface area contributed by atoms with Crippen molar-refractivity contribution >= 4 is 37.5 Å². The Labute approximate surface area is 201 Å². The van der Waals surface area contributed by atoms with Crippen molar-refractivity contribution in [2.24, 2.45) is 11.8 Å². The highest BCUT2D eigenvalue weighted by Crippen LogP contribution is 2.32. The SMILES string of the molecule is C=C([C@H](C)Cc1cc(Br)c(C)c(Br)c1)N(CC(CCC)CCC)c1ccccc1C. The number of allylic oxidation sites excluding steroid dienone is 1. The molecule has 164 valence electrons. The van der Waals surface area contributed by atoms with Gasteiger partial charge in [0.15, 0.2) is 0 Å². The first-order valence-electron chi connectivity index (χ1n) is 11.2. The number of anilines is 1. The Hall–Kier alpha value is -1.06. The van der Waals surface area contributed by atoms with Crippen molar-refractivity contribution in [3.63, 3.8) is 0 Å². The van der Waals surface area contributed by atoms with E-state index in [4.69, 9.17) is 0 Å². The van der Waals surface area contributed by atoms with Gasteiger partial charge in [0.2, 0.25) is 0 Å². The first-order chi connectivity index (χ1) is 14.3. The monoisotopic (exact) mass is 533 g/mol. The smallest absolute Gasteiger partial charge is 0.0437 e. The first-order valence-corrected chi connectivity index (χ1v) is 12.8. The Morgan fingerprint density at radius 3 is 2.10 bits per heavy atom. The third kappa shape index (κ3) is 6.72. The Balaban J connectivity index is 2.30. The fraction of sp³-hybridized carbons (Fsp3) is 0.481. The van der Waals surface area contributed by atoms with Crippen LogP contribution in [0.3, 0.4) is 0 Å². The van der Waals surface area contributed by atoms with Crippen molar-refractivity contribution < 1.29 is 0 Å². The predicted octanol–water partition coefficient (Wildman–Crippen LogP) is 9.24. The minimum Gasteiger partial charge on any atom is -0.345 e. The minimum atomic E-state index is 0.356. The summed E-state index contributed by atoms with van der Waals surface area (Å²) in [6.07, 6.45) is 6.00. The van der Waals surface area contributed by atoms with E-state index >= 15 is 0 Å². The molecule has 2 aromatic carbocycles. The van der Waals surface area contributed by atoms with Crippen LogP contribution >= 0.6 is 31.9 Å². The average Bonchev–Trinajstić information content (AvgIpc) is 2.70. The molecule has 0 radical (unpaired) electrons. The summed E-state index contributed by atoms with van der Waals surface area (Å²) in [6, 6.07) is 13.2. The fourth-order valence-corrected chi connectivity index (χ4v) is 5.47. The zero-order chi connectivity index (χ0) is 22.3. The van der Waals surface area contributed by atoms with E-state index in [9.17, 15) is 0 Å². The van der Waals surface area contributed by atoms with Gasteiger partial charge >= 0.3 is 0 Å². The van der Waals surface area contributed by atoms with Crippen LogP contribution in [0.15, 0.2) is 57.6 Å². The quantitative estimate of drug-likeness (QED) is 0.277. The summed E-state index contributed by atoms with van der Waals surface area (Å²) in [4.78, 5) is 2.51. The molecule has 0 bridgehead atoms. The molecule has 1 nitrogen and oxygen atoms in total. The second-order valence-electron chi connectivity index (χ2n) is 8.62. The van der Waals surface area contributed by atoms with Crippen molar-refractivity contribution in [2.75, 3.05) is 11.4 Å². The number of para-hydroxylation sites is 1. The minimum absolute atomic E-state index is 0.356. The molecule has 0 heterocycles. The largest absolute Gasteiger partial charge is 0.345 e. The summed E-state index contributed by atoms with van der Waals surface area (Å²) in [5.41, 5.74) is 6.41. The first kappa shape index (κ1) is 25.2. The molecule has 0 unspecified atom stereocenters. The predicted molar refractivity (Wildman–Crippen MR) is 140 cm³/mol. The highest BCUT2D eigenvalue weighted by atomic mass is 79.9. The van der Waals surface area contributed by atoms with Gasteiger partial charge in [-0.2, -0.15) is 0 Å². The Morgan fingerprint density at radius 1 is 1.00 bits per heavy atom. The summed E-state index contributed by atoms with van der Waals surface area (Å²) in [5.74, 6) is 1.06. The molecule has 0 aliphatic carbocycles. The van der Waals surface area contributed by atoms with E-state index in [1.165, 1.54) is 53.8 Å². The number of benzene rings is 2. The van der Waals surface area contributed by atoms with Gasteiger partial charge in [-0.05, 0) is 79.8 Å². The van der Waals surface area contributed by atoms with Gasteiger partial charge in [-0.3, -0.25) is 0 Å². The zero-order valence-corrected chi connectivity index (χ0v) is 22.4. The lowest BCUT2D eigenvalue weighted by atomic mass is 9.93. The molecule has 0 saturated heterocycles. The Bertz CT molecular complexity index is 814. The van der Waals surface area contributed by atoms with Crippen LogP contribution in [0.5, 0.6) is 0 Å². The van der Waals surface area contributed by atoms with Gasteiger partial charge in [0, 0.05) is 26.9 Å². The lowest BCUT2D eigenvalue weighted by molar-refractivity contribution is 0.437. The van der Waals surface area contributed by atoms with Crippen LogP contribution in [0.1, 0.15) is 63.1 Å².